The van der Waals surface area contributed by atoms with Gasteiger partial charge in [-0.15, -0.1) is 0 Å². The van der Waals surface area contributed by atoms with Gasteiger partial charge in [0.1, 0.15) is 0 Å². The number of fused-ring (bicyclic) bond motifs is 1. The lowest BCUT2D eigenvalue weighted by Gasteiger charge is -2.13. The summed E-state index contributed by atoms with van der Waals surface area (Å²) in [6.45, 7) is 6.30. The number of anilines is 1. The summed E-state index contributed by atoms with van der Waals surface area (Å²) in [4.78, 5) is 57.1. The summed E-state index contributed by atoms with van der Waals surface area (Å²) < 4.78 is 1.43. The van der Waals surface area contributed by atoms with E-state index in [-0.39, 0.29) is 41.1 Å². The second-order valence-electron chi connectivity index (χ2n) is 9.11. The Bertz CT molecular complexity index is 1370. The Kier molecular flexibility index (Phi) is 6.99. The molecule has 3 amide bonds. The molecule has 0 atom stereocenters. The highest BCUT2D eigenvalue weighted by Gasteiger charge is 2.28. The van der Waals surface area contributed by atoms with Crippen LogP contribution < -0.4 is 27.2 Å². The van der Waals surface area contributed by atoms with Gasteiger partial charge in [0.25, 0.3) is 11.5 Å². The summed E-state index contributed by atoms with van der Waals surface area (Å²) >= 11 is 0. The van der Waals surface area contributed by atoms with Crippen molar-refractivity contribution in [1.82, 2.24) is 25.2 Å². The van der Waals surface area contributed by atoms with Crippen LogP contribution in [0.5, 0.6) is 0 Å². The molecule has 4 N–H and O–H groups in total. The summed E-state index contributed by atoms with van der Waals surface area (Å²) in [5, 5.41) is 8.49. The molecular formula is C25H30N6O4. The molecule has 0 unspecified atom stereocenters. The molecule has 184 valence electrons. The predicted molar refractivity (Wildman–Crippen MR) is 134 cm³/mol. The zero-order valence-corrected chi connectivity index (χ0v) is 20.1. The minimum Gasteiger partial charge on any atom is -0.348 e. The van der Waals surface area contributed by atoms with E-state index in [9.17, 15) is 19.2 Å². The molecule has 1 saturated carbocycles. The van der Waals surface area contributed by atoms with E-state index in [1.165, 1.54) is 4.57 Å². The summed E-state index contributed by atoms with van der Waals surface area (Å²) in [6, 6.07) is 8.52. The molecule has 0 radical (unpaired) electrons. The minimum absolute atomic E-state index is 0.0260. The number of carbonyl (C=O) groups is 2. The van der Waals surface area contributed by atoms with Gasteiger partial charge in [0.05, 0.1) is 10.9 Å². The van der Waals surface area contributed by atoms with Crippen molar-refractivity contribution < 1.29 is 9.59 Å². The lowest BCUT2D eigenvalue weighted by Crippen LogP contribution is -2.34. The van der Waals surface area contributed by atoms with E-state index >= 15 is 0 Å². The molecule has 0 aliphatic heterocycles. The first-order valence-electron chi connectivity index (χ1n) is 11.9. The van der Waals surface area contributed by atoms with Crippen molar-refractivity contribution in [3.63, 3.8) is 0 Å². The first kappa shape index (κ1) is 24.2. The van der Waals surface area contributed by atoms with Gasteiger partial charge in [0, 0.05) is 36.4 Å². The molecule has 1 fully saturated rings. The van der Waals surface area contributed by atoms with E-state index in [4.69, 9.17) is 0 Å². The van der Waals surface area contributed by atoms with Crippen molar-refractivity contribution in [2.45, 2.75) is 65.1 Å². The molecule has 0 saturated heterocycles. The molecule has 0 bridgehead atoms. The number of carbonyl (C=O) groups excluding carboxylic acids is 2. The number of hydrogen-bond donors (Lipinski definition) is 4. The highest BCUT2D eigenvalue weighted by atomic mass is 16.2. The van der Waals surface area contributed by atoms with E-state index in [2.05, 4.69) is 25.9 Å². The van der Waals surface area contributed by atoms with Gasteiger partial charge in [0.15, 0.2) is 5.65 Å². The topological polar surface area (TPSA) is 138 Å². The van der Waals surface area contributed by atoms with Crippen LogP contribution in [0.4, 0.5) is 10.5 Å². The van der Waals surface area contributed by atoms with E-state index in [1.54, 1.807) is 30.3 Å². The second kappa shape index (κ2) is 10.1. The van der Waals surface area contributed by atoms with E-state index in [1.807, 2.05) is 20.8 Å². The number of benzene rings is 1. The van der Waals surface area contributed by atoms with Gasteiger partial charge in [-0.3, -0.25) is 19.1 Å². The molecule has 10 nitrogen and oxygen atoms in total. The Morgan fingerprint density at radius 2 is 1.89 bits per heavy atom. The van der Waals surface area contributed by atoms with Crippen molar-refractivity contribution in [3.8, 4) is 0 Å². The number of nitrogens with zero attached hydrogens (tertiary/aromatic N) is 2. The van der Waals surface area contributed by atoms with E-state index in [0.717, 1.165) is 24.1 Å². The normalized spacial score (nSPS) is 13.1. The maximum absolute atomic E-state index is 13.2. The minimum atomic E-state index is -0.618. The lowest BCUT2D eigenvalue weighted by molar-refractivity contribution is 0.0952. The molecule has 2 aromatic heterocycles. The summed E-state index contributed by atoms with van der Waals surface area (Å²) in [7, 11) is 0. The van der Waals surface area contributed by atoms with Crippen LogP contribution >= 0.6 is 0 Å². The number of urea groups is 1. The lowest BCUT2D eigenvalue weighted by atomic mass is 10.1. The maximum atomic E-state index is 13.2. The number of rotatable bonds is 8. The van der Waals surface area contributed by atoms with Gasteiger partial charge in [-0.25, -0.2) is 14.6 Å². The third kappa shape index (κ3) is 5.59. The molecule has 1 aliphatic rings. The van der Waals surface area contributed by atoms with Crippen LogP contribution in [0.1, 0.15) is 67.6 Å². The molecule has 0 spiro atoms. The van der Waals surface area contributed by atoms with Gasteiger partial charge in [-0.2, -0.15) is 0 Å². The van der Waals surface area contributed by atoms with Crippen molar-refractivity contribution >= 4 is 28.7 Å². The quantitative estimate of drug-likeness (QED) is 0.394. The third-order valence-electron chi connectivity index (χ3n) is 5.74. The zero-order chi connectivity index (χ0) is 25.1. The number of aromatic nitrogens is 3. The first-order chi connectivity index (χ1) is 16.8. The Morgan fingerprint density at radius 3 is 2.51 bits per heavy atom. The molecule has 2 heterocycles. The summed E-state index contributed by atoms with van der Waals surface area (Å²) in [6.07, 6.45) is 2.62. The molecular weight excluding hydrogens is 448 g/mol. The number of H-pyrrole nitrogens is 1. The van der Waals surface area contributed by atoms with E-state index < -0.39 is 17.2 Å². The number of nitrogens with one attached hydrogen (secondary N) is 4. The van der Waals surface area contributed by atoms with Gasteiger partial charge in [-0.05, 0) is 56.9 Å². The molecule has 10 heteroatoms. The third-order valence-corrected chi connectivity index (χ3v) is 5.74. The number of hydrogen-bond acceptors (Lipinski definition) is 5. The molecule has 1 aromatic carbocycles. The van der Waals surface area contributed by atoms with Gasteiger partial charge in [0.2, 0.25) is 0 Å². The Balaban J connectivity index is 1.57. The van der Waals surface area contributed by atoms with E-state index in [0.29, 0.717) is 18.7 Å². The van der Waals surface area contributed by atoms with Crippen LogP contribution in [0, 0.1) is 0 Å². The Hall–Kier alpha value is -3.95. The van der Waals surface area contributed by atoms with Crippen molar-refractivity contribution in [2.75, 3.05) is 5.32 Å². The fraction of sp³-hybridized carbons (Fsp3) is 0.400. The molecule has 3 aromatic rings. The maximum Gasteiger partial charge on any atom is 0.329 e. The van der Waals surface area contributed by atoms with Crippen LogP contribution in [-0.4, -0.2) is 32.5 Å². The number of aromatic amines is 1. The van der Waals surface area contributed by atoms with Gasteiger partial charge >= 0.3 is 11.7 Å². The number of amides is 3. The van der Waals surface area contributed by atoms with Crippen LogP contribution in [0.3, 0.4) is 0 Å². The molecule has 35 heavy (non-hydrogen) atoms. The molecule has 1 aliphatic carbocycles. The highest BCUT2D eigenvalue weighted by Crippen LogP contribution is 2.39. The van der Waals surface area contributed by atoms with Crippen LogP contribution in [-0.2, 0) is 13.1 Å². The average molecular weight is 479 g/mol. The Labute approximate surface area is 202 Å². The summed E-state index contributed by atoms with van der Waals surface area (Å²) in [5.41, 5.74) is 1.52. The zero-order valence-electron chi connectivity index (χ0n) is 20.1. The van der Waals surface area contributed by atoms with Gasteiger partial charge in [-0.1, -0.05) is 19.1 Å². The Morgan fingerprint density at radius 1 is 1.17 bits per heavy atom. The van der Waals surface area contributed by atoms with Gasteiger partial charge < -0.3 is 16.0 Å². The fourth-order valence-electron chi connectivity index (χ4n) is 3.90. The monoisotopic (exact) mass is 478 g/mol. The van der Waals surface area contributed by atoms with Crippen LogP contribution in [0.2, 0.25) is 0 Å². The smallest absolute Gasteiger partial charge is 0.329 e. The highest BCUT2D eigenvalue weighted by molar-refractivity contribution is 6.05. The largest absolute Gasteiger partial charge is 0.348 e. The van der Waals surface area contributed by atoms with Crippen LogP contribution in [0.15, 0.2) is 39.9 Å². The fourth-order valence-corrected chi connectivity index (χ4v) is 3.90. The standard InChI is InChI=1S/C25H30N6O4/c1-4-11-31-21-20(23(33)30-25(31)35)18(12-19(29-21)16-7-8-16)22(32)26-13-15-5-9-17(10-6-15)28-24(34)27-14(2)3/h5-6,9-10,12,14,16H,4,7-8,11,13H2,1-3H3,(H,26,32)(H2,27,28,34)(H,30,33,35). The SMILES string of the molecule is CCCn1c(=O)[nH]c(=O)c2c(C(=O)NCc3ccc(NC(=O)NC(C)C)cc3)cc(C3CC3)nc21. The number of aryl methyl sites for hydroxylation is 1. The van der Waals surface area contributed by atoms with Crippen molar-refractivity contribution in [1.29, 1.82) is 0 Å². The second-order valence-corrected chi connectivity index (χ2v) is 9.11. The number of pyridine rings is 1. The first-order valence-corrected chi connectivity index (χ1v) is 11.9. The van der Waals surface area contributed by atoms with Crippen molar-refractivity contribution in [2.24, 2.45) is 0 Å². The van der Waals surface area contributed by atoms with Crippen molar-refractivity contribution in [3.05, 3.63) is 68.0 Å². The average Bonchev–Trinajstić information content (AvgIpc) is 3.65. The predicted octanol–water partition coefficient (Wildman–Crippen LogP) is 2.83. The summed E-state index contributed by atoms with van der Waals surface area (Å²) in [5.74, 6) is -0.173. The van der Waals surface area contributed by atoms with Crippen LogP contribution in [0.25, 0.3) is 11.0 Å². The molecule has 4 rings (SSSR count).